The maximum Gasteiger partial charge on any atom is 0.277 e. The number of imide groups is 1. The molecule has 0 saturated carbocycles. The molecule has 152 valence electrons. The van der Waals surface area contributed by atoms with Gasteiger partial charge in [0, 0.05) is 32.0 Å². The van der Waals surface area contributed by atoms with Crippen LogP contribution < -0.4 is 0 Å². The molecule has 5 nitrogen and oxygen atoms in total. The molecule has 0 unspecified atom stereocenters. The van der Waals surface area contributed by atoms with Gasteiger partial charge in [-0.05, 0) is 54.7 Å². The molecular formula is C23H26FN3O2. The lowest BCUT2D eigenvalue weighted by Gasteiger charge is -2.25. The number of likely N-dealkylation sites (N-methyl/N-ethyl adjacent to an activating group) is 1. The Hall–Kier alpha value is -3.02. The smallest absolute Gasteiger partial charge is 0.277 e. The van der Waals surface area contributed by atoms with Crippen molar-refractivity contribution in [2.75, 3.05) is 19.6 Å². The highest BCUT2D eigenvalue weighted by atomic mass is 19.1. The molecule has 29 heavy (non-hydrogen) atoms. The highest BCUT2D eigenvalue weighted by Crippen LogP contribution is 2.32. The standard InChI is InChI=1S/C23H26FN3O2/c1-4-26(14-11-17-9-12-25-13-10-17)21-20(18-5-7-19(24)8-6-18)22(28)27(23(21)29)15-16(2)3/h5-10,12-13,16H,4,11,14-15H2,1-3H3. The highest BCUT2D eigenvalue weighted by molar-refractivity contribution is 6.35. The first kappa shape index (κ1) is 20.7. The molecule has 0 atom stereocenters. The summed E-state index contributed by atoms with van der Waals surface area (Å²) in [5, 5.41) is 0. The zero-order valence-corrected chi connectivity index (χ0v) is 17.1. The second-order valence-electron chi connectivity index (χ2n) is 7.53. The molecular weight excluding hydrogens is 369 g/mol. The van der Waals surface area contributed by atoms with Gasteiger partial charge in [0.2, 0.25) is 0 Å². The zero-order chi connectivity index (χ0) is 21.0. The summed E-state index contributed by atoms with van der Waals surface area (Å²) in [4.78, 5) is 33.7. The van der Waals surface area contributed by atoms with Gasteiger partial charge in [0.1, 0.15) is 11.5 Å². The molecule has 0 radical (unpaired) electrons. The van der Waals surface area contributed by atoms with E-state index in [2.05, 4.69) is 4.98 Å². The lowest BCUT2D eigenvalue weighted by atomic mass is 10.0. The van der Waals surface area contributed by atoms with E-state index in [4.69, 9.17) is 0 Å². The Labute approximate surface area is 170 Å². The van der Waals surface area contributed by atoms with Gasteiger partial charge < -0.3 is 4.90 Å². The van der Waals surface area contributed by atoms with Crippen LogP contribution in [0.25, 0.3) is 5.57 Å². The van der Waals surface area contributed by atoms with Gasteiger partial charge in [0.25, 0.3) is 11.8 Å². The molecule has 2 amide bonds. The van der Waals surface area contributed by atoms with Gasteiger partial charge in [-0.15, -0.1) is 0 Å². The number of amides is 2. The van der Waals surface area contributed by atoms with Crippen LogP contribution in [-0.4, -0.2) is 46.2 Å². The van der Waals surface area contributed by atoms with Crippen LogP contribution in [0, 0.1) is 11.7 Å². The summed E-state index contributed by atoms with van der Waals surface area (Å²) in [6, 6.07) is 9.63. The molecule has 1 aromatic carbocycles. The van der Waals surface area contributed by atoms with Crippen molar-refractivity contribution in [3.05, 3.63) is 71.4 Å². The van der Waals surface area contributed by atoms with E-state index in [1.54, 1.807) is 24.5 Å². The van der Waals surface area contributed by atoms with Crippen molar-refractivity contribution in [1.29, 1.82) is 0 Å². The van der Waals surface area contributed by atoms with Crippen LogP contribution in [0.4, 0.5) is 4.39 Å². The number of hydrogen-bond acceptors (Lipinski definition) is 4. The van der Waals surface area contributed by atoms with Gasteiger partial charge in [-0.1, -0.05) is 26.0 Å². The van der Waals surface area contributed by atoms with E-state index < -0.39 is 0 Å². The summed E-state index contributed by atoms with van der Waals surface area (Å²) in [5.41, 5.74) is 2.43. The van der Waals surface area contributed by atoms with Crippen LogP contribution in [0.15, 0.2) is 54.5 Å². The van der Waals surface area contributed by atoms with E-state index in [-0.39, 0.29) is 23.5 Å². The number of carbonyl (C=O) groups excluding carboxylic acids is 2. The quantitative estimate of drug-likeness (QED) is 0.642. The van der Waals surface area contributed by atoms with Gasteiger partial charge in [0.15, 0.2) is 0 Å². The van der Waals surface area contributed by atoms with Crippen molar-refractivity contribution in [3.63, 3.8) is 0 Å². The monoisotopic (exact) mass is 395 g/mol. The van der Waals surface area contributed by atoms with Crippen molar-refractivity contribution >= 4 is 17.4 Å². The van der Waals surface area contributed by atoms with Crippen molar-refractivity contribution in [3.8, 4) is 0 Å². The highest BCUT2D eigenvalue weighted by Gasteiger charge is 2.41. The fourth-order valence-corrected chi connectivity index (χ4v) is 3.51. The number of aromatic nitrogens is 1. The summed E-state index contributed by atoms with van der Waals surface area (Å²) in [7, 11) is 0. The predicted octanol–water partition coefficient (Wildman–Crippen LogP) is 3.52. The number of rotatable bonds is 8. The van der Waals surface area contributed by atoms with E-state index in [1.807, 2.05) is 37.8 Å². The minimum Gasteiger partial charge on any atom is -0.366 e. The SMILES string of the molecule is CCN(CCc1ccncc1)C1=C(c2ccc(F)cc2)C(=O)N(CC(C)C)C1=O. The van der Waals surface area contributed by atoms with Gasteiger partial charge in [0.05, 0.1) is 5.57 Å². The molecule has 3 rings (SSSR count). The lowest BCUT2D eigenvalue weighted by Crippen LogP contribution is -2.38. The van der Waals surface area contributed by atoms with Gasteiger partial charge in [-0.2, -0.15) is 0 Å². The molecule has 6 heteroatoms. The number of nitrogens with zero attached hydrogens (tertiary/aromatic N) is 3. The second kappa shape index (κ2) is 8.99. The average molecular weight is 395 g/mol. The lowest BCUT2D eigenvalue weighted by molar-refractivity contribution is -0.138. The predicted molar refractivity (Wildman–Crippen MR) is 110 cm³/mol. The van der Waals surface area contributed by atoms with Crippen LogP contribution in [0.2, 0.25) is 0 Å². The third kappa shape index (κ3) is 4.53. The minimum absolute atomic E-state index is 0.156. The molecule has 1 aliphatic rings. The summed E-state index contributed by atoms with van der Waals surface area (Å²) in [5.74, 6) is -0.812. The Morgan fingerprint density at radius 1 is 1.03 bits per heavy atom. The zero-order valence-electron chi connectivity index (χ0n) is 17.1. The molecule has 1 aliphatic heterocycles. The number of halogens is 1. The molecule has 0 N–H and O–H groups in total. The van der Waals surface area contributed by atoms with Crippen LogP contribution >= 0.6 is 0 Å². The molecule has 0 bridgehead atoms. The first-order chi connectivity index (χ1) is 13.9. The summed E-state index contributed by atoms with van der Waals surface area (Å²) < 4.78 is 13.4. The van der Waals surface area contributed by atoms with E-state index in [9.17, 15) is 14.0 Å². The topological polar surface area (TPSA) is 53.5 Å². The van der Waals surface area contributed by atoms with Crippen molar-refractivity contribution in [2.24, 2.45) is 5.92 Å². The van der Waals surface area contributed by atoms with Crippen molar-refractivity contribution in [1.82, 2.24) is 14.8 Å². The average Bonchev–Trinajstić information content (AvgIpc) is 2.95. The molecule has 0 fully saturated rings. The summed E-state index contributed by atoms with van der Waals surface area (Å²) in [6.45, 7) is 7.43. The molecule has 0 aliphatic carbocycles. The second-order valence-corrected chi connectivity index (χ2v) is 7.53. The third-order valence-corrected chi connectivity index (χ3v) is 4.94. The van der Waals surface area contributed by atoms with Crippen LogP contribution in [0.1, 0.15) is 31.9 Å². The Bertz CT molecular complexity index is 907. The van der Waals surface area contributed by atoms with Crippen molar-refractivity contribution < 1.29 is 14.0 Å². The van der Waals surface area contributed by atoms with Gasteiger partial charge in [-0.25, -0.2) is 4.39 Å². The number of benzene rings is 1. The van der Waals surface area contributed by atoms with E-state index in [0.29, 0.717) is 36.5 Å². The van der Waals surface area contributed by atoms with Crippen molar-refractivity contribution in [2.45, 2.75) is 27.2 Å². The molecule has 2 heterocycles. The van der Waals surface area contributed by atoms with Gasteiger partial charge in [-0.3, -0.25) is 19.5 Å². The Balaban J connectivity index is 1.98. The number of carbonyl (C=O) groups is 2. The number of pyridine rings is 1. The number of hydrogen-bond donors (Lipinski definition) is 0. The Morgan fingerprint density at radius 3 is 2.28 bits per heavy atom. The van der Waals surface area contributed by atoms with Crippen LogP contribution in [0.5, 0.6) is 0 Å². The van der Waals surface area contributed by atoms with E-state index in [1.165, 1.54) is 17.0 Å². The fraction of sp³-hybridized carbons (Fsp3) is 0.348. The maximum atomic E-state index is 13.4. The molecule has 0 spiro atoms. The third-order valence-electron chi connectivity index (χ3n) is 4.94. The largest absolute Gasteiger partial charge is 0.366 e. The first-order valence-electron chi connectivity index (χ1n) is 9.92. The Kier molecular flexibility index (Phi) is 6.42. The van der Waals surface area contributed by atoms with Crippen LogP contribution in [-0.2, 0) is 16.0 Å². The molecule has 0 saturated heterocycles. The summed E-state index contributed by atoms with van der Waals surface area (Å²) >= 11 is 0. The summed E-state index contributed by atoms with van der Waals surface area (Å²) in [6.07, 6.45) is 4.20. The first-order valence-corrected chi connectivity index (χ1v) is 9.92. The minimum atomic E-state index is -0.378. The van der Waals surface area contributed by atoms with E-state index >= 15 is 0 Å². The molecule has 1 aromatic heterocycles. The van der Waals surface area contributed by atoms with E-state index in [0.717, 1.165) is 12.0 Å². The van der Waals surface area contributed by atoms with Gasteiger partial charge >= 0.3 is 0 Å². The maximum absolute atomic E-state index is 13.4. The fourth-order valence-electron chi connectivity index (χ4n) is 3.51. The molecule has 2 aromatic rings. The normalized spacial score (nSPS) is 14.3. The Morgan fingerprint density at radius 2 is 1.69 bits per heavy atom. The van der Waals surface area contributed by atoms with Crippen LogP contribution in [0.3, 0.4) is 0 Å².